The number of aromatic carboxylic acids is 1. The molecule has 0 atom stereocenters. The van der Waals surface area contributed by atoms with E-state index in [4.69, 9.17) is 28.3 Å². The van der Waals surface area contributed by atoms with Crippen LogP contribution in [0.1, 0.15) is 10.4 Å². The summed E-state index contributed by atoms with van der Waals surface area (Å²) in [6.07, 6.45) is 0. The zero-order valence-corrected chi connectivity index (χ0v) is 9.08. The summed E-state index contributed by atoms with van der Waals surface area (Å²) < 4.78 is 0.792. The number of hydrogen-bond acceptors (Lipinski definition) is 2. The molecule has 0 amide bonds. The van der Waals surface area contributed by atoms with E-state index in [9.17, 15) is 4.79 Å². The van der Waals surface area contributed by atoms with E-state index in [1.807, 2.05) is 0 Å². The molecule has 0 fully saturated rings. The van der Waals surface area contributed by atoms with Crippen molar-refractivity contribution < 1.29 is 9.90 Å². The summed E-state index contributed by atoms with van der Waals surface area (Å²) in [6, 6.07) is 2.98. The highest BCUT2D eigenvalue weighted by atomic mass is 35.5. The van der Waals surface area contributed by atoms with Crippen molar-refractivity contribution >= 4 is 50.6 Å². The van der Waals surface area contributed by atoms with Gasteiger partial charge in [-0.3, -0.25) is 0 Å². The zero-order chi connectivity index (χ0) is 10.3. The smallest absolute Gasteiger partial charge is 0.335 e. The van der Waals surface area contributed by atoms with Gasteiger partial charge in [-0.25, -0.2) is 4.79 Å². The molecule has 0 radical (unpaired) electrons. The Bertz CT molecular complexity index is 519. The second-order valence-electron chi connectivity index (χ2n) is 2.72. The number of carbonyl (C=O) groups is 1. The van der Waals surface area contributed by atoms with Gasteiger partial charge >= 0.3 is 5.97 Å². The molecule has 0 spiro atoms. The van der Waals surface area contributed by atoms with E-state index in [2.05, 4.69) is 0 Å². The highest BCUT2D eigenvalue weighted by Gasteiger charge is 2.11. The first-order valence-corrected chi connectivity index (χ1v) is 5.32. The number of thiophene rings is 1. The molecule has 0 saturated heterocycles. The third-order valence-corrected chi connectivity index (χ3v) is 3.48. The molecule has 2 nitrogen and oxygen atoms in total. The molecular weight excluding hydrogens is 243 g/mol. The van der Waals surface area contributed by atoms with Gasteiger partial charge in [0, 0.05) is 15.5 Å². The van der Waals surface area contributed by atoms with Gasteiger partial charge in [0.05, 0.1) is 15.6 Å². The maximum absolute atomic E-state index is 10.7. The van der Waals surface area contributed by atoms with E-state index in [1.54, 1.807) is 11.4 Å². The van der Waals surface area contributed by atoms with Crippen LogP contribution in [-0.2, 0) is 0 Å². The Hall–Kier alpha value is -0.770. The third-order valence-electron chi connectivity index (χ3n) is 1.83. The molecule has 14 heavy (non-hydrogen) atoms. The van der Waals surface area contributed by atoms with Crippen molar-refractivity contribution in [1.29, 1.82) is 0 Å². The maximum Gasteiger partial charge on any atom is 0.335 e. The predicted octanol–water partition coefficient (Wildman–Crippen LogP) is 3.91. The van der Waals surface area contributed by atoms with Gasteiger partial charge in [0.15, 0.2) is 0 Å². The van der Waals surface area contributed by atoms with Gasteiger partial charge in [-0.05, 0) is 12.1 Å². The summed E-state index contributed by atoms with van der Waals surface area (Å²) in [7, 11) is 0. The van der Waals surface area contributed by atoms with E-state index in [0.717, 1.165) is 10.1 Å². The first kappa shape index (κ1) is 9.77. The van der Waals surface area contributed by atoms with Gasteiger partial charge in [0.25, 0.3) is 0 Å². The average Bonchev–Trinajstić information content (AvgIpc) is 2.48. The van der Waals surface area contributed by atoms with Gasteiger partial charge in [0.1, 0.15) is 0 Å². The van der Waals surface area contributed by atoms with Crippen LogP contribution in [0.25, 0.3) is 10.1 Å². The molecule has 0 unspecified atom stereocenters. The van der Waals surface area contributed by atoms with E-state index in [0.29, 0.717) is 10.0 Å². The Morgan fingerprint density at radius 2 is 2.00 bits per heavy atom. The topological polar surface area (TPSA) is 37.3 Å². The zero-order valence-electron chi connectivity index (χ0n) is 6.75. The molecule has 5 heteroatoms. The fraction of sp³-hybridized carbons (Fsp3) is 0. The maximum atomic E-state index is 10.7. The van der Waals surface area contributed by atoms with Crippen LogP contribution in [0.5, 0.6) is 0 Å². The monoisotopic (exact) mass is 246 g/mol. The fourth-order valence-electron chi connectivity index (χ4n) is 1.20. The van der Waals surface area contributed by atoms with Gasteiger partial charge in [-0.15, -0.1) is 11.3 Å². The van der Waals surface area contributed by atoms with Crippen molar-refractivity contribution in [1.82, 2.24) is 0 Å². The molecule has 0 aliphatic carbocycles. The standard InChI is InChI=1S/C9H4Cl2O2S/c10-5-1-4(9(12)13)2-7-8(5)6(11)3-14-7/h1-3H,(H,12,13). The van der Waals surface area contributed by atoms with Crippen LogP contribution in [0, 0.1) is 0 Å². The summed E-state index contributed by atoms with van der Waals surface area (Å²) in [5.41, 5.74) is 0.181. The Kier molecular flexibility index (Phi) is 2.39. The lowest BCUT2D eigenvalue weighted by Crippen LogP contribution is -1.95. The highest BCUT2D eigenvalue weighted by Crippen LogP contribution is 2.36. The SMILES string of the molecule is O=C(O)c1cc(Cl)c2c(Cl)csc2c1. The molecule has 0 bridgehead atoms. The molecule has 1 aromatic carbocycles. The summed E-state index contributed by atoms with van der Waals surface area (Å²) in [5, 5.41) is 12.2. The van der Waals surface area contributed by atoms with Crippen LogP contribution >= 0.6 is 34.5 Å². The number of carboxylic acids is 1. The van der Waals surface area contributed by atoms with Crippen molar-refractivity contribution in [2.24, 2.45) is 0 Å². The van der Waals surface area contributed by atoms with Crippen molar-refractivity contribution in [2.45, 2.75) is 0 Å². The van der Waals surface area contributed by atoms with E-state index < -0.39 is 5.97 Å². The summed E-state index contributed by atoms with van der Waals surface area (Å²) >= 11 is 13.2. The van der Waals surface area contributed by atoms with Crippen LogP contribution in [0.4, 0.5) is 0 Å². The molecule has 1 N–H and O–H groups in total. The Balaban J connectivity index is 2.80. The quantitative estimate of drug-likeness (QED) is 0.829. The predicted molar refractivity (Wildman–Crippen MR) is 58.8 cm³/mol. The second kappa shape index (κ2) is 3.42. The Morgan fingerprint density at radius 1 is 1.29 bits per heavy atom. The molecular formula is C9H4Cl2O2S. The van der Waals surface area contributed by atoms with Crippen LogP contribution in [0.2, 0.25) is 10.0 Å². The van der Waals surface area contributed by atoms with Crippen LogP contribution < -0.4 is 0 Å². The number of rotatable bonds is 1. The molecule has 1 heterocycles. The minimum absolute atomic E-state index is 0.181. The van der Waals surface area contributed by atoms with Crippen molar-refractivity contribution in [3.8, 4) is 0 Å². The number of halogens is 2. The molecule has 0 aliphatic rings. The lowest BCUT2D eigenvalue weighted by atomic mass is 10.2. The Labute approximate surface area is 93.7 Å². The normalized spacial score (nSPS) is 10.7. The van der Waals surface area contributed by atoms with Gasteiger partial charge in [-0.2, -0.15) is 0 Å². The fourth-order valence-corrected chi connectivity index (χ4v) is 2.90. The lowest BCUT2D eigenvalue weighted by molar-refractivity contribution is 0.0697. The van der Waals surface area contributed by atoms with Gasteiger partial charge < -0.3 is 5.11 Å². The first-order valence-electron chi connectivity index (χ1n) is 3.69. The summed E-state index contributed by atoms with van der Waals surface area (Å²) in [4.78, 5) is 10.7. The number of hydrogen-bond donors (Lipinski definition) is 1. The largest absolute Gasteiger partial charge is 0.478 e. The molecule has 1 aromatic heterocycles. The van der Waals surface area contributed by atoms with Gasteiger partial charge in [0.2, 0.25) is 0 Å². The van der Waals surface area contributed by atoms with Gasteiger partial charge in [-0.1, -0.05) is 23.2 Å². The second-order valence-corrected chi connectivity index (χ2v) is 4.45. The molecule has 0 aliphatic heterocycles. The van der Waals surface area contributed by atoms with Crippen molar-refractivity contribution in [3.05, 3.63) is 33.1 Å². The molecule has 0 saturated carbocycles. The van der Waals surface area contributed by atoms with Crippen molar-refractivity contribution in [3.63, 3.8) is 0 Å². The highest BCUT2D eigenvalue weighted by molar-refractivity contribution is 7.18. The first-order chi connectivity index (χ1) is 6.59. The van der Waals surface area contributed by atoms with E-state index in [1.165, 1.54) is 17.4 Å². The van der Waals surface area contributed by atoms with Crippen molar-refractivity contribution in [2.75, 3.05) is 0 Å². The lowest BCUT2D eigenvalue weighted by Gasteiger charge is -1.98. The number of fused-ring (bicyclic) bond motifs is 1. The van der Waals surface area contributed by atoms with E-state index in [-0.39, 0.29) is 5.56 Å². The minimum atomic E-state index is -0.988. The van der Waals surface area contributed by atoms with Crippen LogP contribution in [0.3, 0.4) is 0 Å². The molecule has 2 aromatic rings. The minimum Gasteiger partial charge on any atom is -0.478 e. The number of benzene rings is 1. The summed E-state index contributed by atoms with van der Waals surface area (Å²) in [6.45, 7) is 0. The van der Waals surface area contributed by atoms with Crippen LogP contribution in [0.15, 0.2) is 17.5 Å². The molecule has 72 valence electrons. The Morgan fingerprint density at radius 3 is 2.64 bits per heavy atom. The van der Waals surface area contributed by atoms with Crippen LogP contribution in [-0.4, -0.2) is 11.1 Å². The van der Waals surface area contributed by atoms with E-state index >= 15 is 0 Å². The summed E-state index contributed by atoms with van der Waals surface area (Å²) in [5.74, 6) is -0.988. The number of carboxylic acid groups (broad SMARTS) is 1. The molecule has 2 rings (SSSR count). The third kappa shape index (κ3) is 1.47. The average molecular weight is 247 g/mol.